The Labute approximate surface area is 168 Å². The van der Waals surface area contributed by atoms with Gasteiger partial charge in [-0.05, 0) is 48.5 Å². The summed E-state index contributed by atoms with van der Waals surface area (Å²) >= 11 is 0. The van der Waals surface area contributed by atoms with Gasteiger partial charge in [-0.3, -0.25) is 0 Å². The second-order valence-corrected chi connectivity index (χ2v) is 6.39. The number of carbonyl (C=O) groups excluding carboxylic acids is 1. The van der Waals surface area contributed by atoms with Gasteiger partial charge in [-0.25, -0.2) is 14.8 Å². The molecule has 0 atom stereocenters. The van der Waals surface area contributed by atoms with Gasteiger partial charge in [0.25, 0.3) is 0 Å². The Hall–Kier alpha value is -4.08. The molecule has 0 bridgehead atoms. The van der Waals surface area contributed by atoms with Crippen LogP contribution in [0.15, 0.2) is 67.1 Å². The van der Waals surface area contributed by atoms with Crippen molar-refractivity contribution in [2.24, 2.45) is 0 Å². The van der Waals surface area contributed by atoms with Gasteiger partial charge in [0.15, 0.2) is 0 Å². The summed E-state index contributed by atoms with van der Waals surface area (Å²) in [6.45, 7) is 0. The molecule has 0 fully saturated rings. The van der Waals surface area contributed by atoms with Crippen LogP contribution in [0.5, 0.6) is 0 Å². The third-order valence-corrected chi connectivity index (χ3v) is 4.36. The number of carbonyl (C=O) groups is 1. The predicted molar refractivity (Wildman–Crippen MR) is 107 cm³/mol. The number of anilines is 3. The predicted octanol–water partition coefficient (Wildman–Crippen LogP) is 4.67. The number of halogens is 3. The molecule has 0 aliphatic carbocycles. The van der Waals surface area contributed by atoms with E-state index < -0.39 is 17.8 Å². The average molecular weight is 412 g/mol. The summed E-state index contributed by atoms with van der Waals surface area (Å²) in [5, 5.41) is 5.69. The van der Waals surface area contributed by atoms with Crippen LogP contribution in [0, 0.1) is 0 Å². The minimum Gasteiger partial charge on any atom is -0.383 e. The van der Waals surface area contributed by atoms with Crippen molar-refractivity contribution in [3.63, 3.8) is 0 Å². The number of hydrogen-bond acceptors (Lipinski definition) is 4. The molecule has 0 unspecified atom stereocenters. The van der Waals surface area contributed by atoms with E-state index in [1.807, 2.05) is 4.57 Å². The summed E-state index contributed by atoms with van der Waals surface area (Å²) in [7, 11) is 0. The minimum atomic E-state index is -4.48. The van der Waals surface area contributed by atoms with E-state index in [-0.39, 0.29) is 5.69 Å². The summed E-state index contributed by atoms with van der Waals surface area (Å²) in [6.07, 6.45) is -1.30. The van der Waals surface area contributed by atoms with Crippen molar-refractivity contribution in [3.05, 3.63) is 72.7 Å². The number of benzene rings is 2. The Kier molecular flexibility index (Phi) is 4.74. The molecule has 152 valence electrons. The van der Waals surface area contributed by atoms with E-state index in [2.05, 4.69) is 20.6 Å². The number of alkyl halides is 3. The molecule has 2 aromatic carbocycles. The lowest BCUT2D eigenvalue weighted by atomic mass is 10.2. The first kappa shape index (κ1) is 19.2. The maximum atomic E-state index is 12.8. The SMILES string of the molecule is Nc1ncnc2c1ccn2-c1ccc(NC(=O)Nc2cccc(C(F)(F)F)c2)cc1. The largest absolute Gasteiger partial charge is 0.416 e. The van der Waals surface area contributed by atoms with E-state index in [9.17, 15) is 18.0 Å². The number of nitrogens with two attached hydrogens (primary N) is 1. The number of amides is 2. The van der Waals surface area contributed by atoms with Crippen LogP contribution in [0.4, 0.5) is 35.2 Å². The van der Waals surface area contributed by atoms with Gasteiger partial charge in [0.05, 0.1) is 10.9 Å². The van der Waals surface area contributed by atoms with E-state index in [0.717, 1.165) is 23.2 Å². The van der Waals surface area contributed by atoms with Gasteiger partial charge in [0.2, 0.25) is 0 Å². The Balaban J connectivity index is 1.47. The van der Waals surface area contributed by atoms with Gasteiger partial charge >= 0.3 is 12.2 Å². The third kappa shape index (κ3) is 3.88. The smallest absolute Gasteiger partial charge is 0.383 e. The lowest BCUT2D eigenvalue weighted by molar-refractivity contribution is -0.137. The van der Waals surface area contributed by atoms with Crippen LogP contribution in [0.25, 0.3) is 16.7 Å². The van der Waals surface area contributed by atoms with E-state index in [1.54, 1.807) is 36.5 Å². The van der Waals surface area contributed by atoms with Gasteiger partial charge in [-0.15, -0.1) is 0 Å². The zero-order valence-electron chi connectivity index (χ0n) is 15.3. The topological polar surface area (TPSA) is 97.9 Å². The minimum absolute atomic E-state index is 0.0371. The number of fused-ring (bicyclic) bond motifs is 1. The highest BCUT2D eigenvalue weighted by Crippen LogP contribution is 2.30. The molecule has 0 aliphatic heterocycles. The Morgan fingerprint density at radius 2 is 1.70 bits per heavy atom. The van der Waals surface area contributed by atoms with E-state index in [4.69, 9.17) is 5.73 Å². The molecule has 30 heavy (non-hydrogen) atoms. The van der Waals surface area contributed by atoms with Crippen molar-refractivity contribution < 1.29 is 18.0 Å². The van der Waals surface area contributed by atoms with Gasteiger partial charge in [0.1, 0.15) is 17.8 Å². The zero-order chi connectivity index (χ0) is 21.3. The number of nitrogen functional groups attached to an aromatic ring is 1. The van der Waals surface area contributed by atoms with E-state index in [1.165, 1.54) is 18.5 Å². The zero-order valence-corrected chi connectivity index (χ0v) is 15.3. The molecule has 0 radical (unpaired) electrons. The molecule has 10 heteroatoms. The highest BCUT2D eigenvalue weighted by atomic mass is 19.4. The third-order valence-electron chi connectivity index (χ3n) is 4.36. The molecule has 0 aliphatic rings. The summed E-state index contributed by atoms with van der Waals surface area (Å²) in [5.74, 6) is 0.378. The number of nitrogens with zero attached hydrogens (tertiary/aromatic N) is 3. The molecule has 2 heterocycles. The molecule has 7 nitrogen and oxygen atoms in total. The second kappa shape index (κ2) is 7.39. The van der Waals surface area contributed by atoms with Crippen LogP contribution in [0.1, 0.15) is 5.56 Å². The maximum absolute atomic E-state index is 12.8. The first-order chi connectivity index (χ1) is 14.3. The van der Waals surface area contributed by atoms with E-state index >= 15 is 0 Å². The lowest BCUT2D eigenvalue weighted by Gasteiger charge is -2.11. The van der Waals surface area contributed by atoms with Gasteiger partial charge in [0, 0.05) is 23.3 Å². The summed E-state index contributed by atoms with van der Waals surface area (Å²) in [6, 6.07) is 12.4. The second-order valence-electron chi connectivity index (χ2n) is 6.39. The molecule has 4 aromatic rings. The number of rotatable bonds is 3. The van der Waals surface area contributed by atoms with Crippen LogP contribution in [-0.4, -0.2) is 20.6 Å². The molecule has 2 amide bonds. The molecule has 0 saturated carbocycles. The number of urea groups is 1. The summed E-state index contributed by atoms with van der Waals surface area (Å²) < 4.78 is 40.2. The van der Waals surface area contributed by atoms with E-state index in [0.29, 0.717) is 17.2 Å². The fourth-order valence-corrected chi connectivity index (χ4v) is 2.95. The molecule has 4 N–H and O–H groups in total. The van der Waals surface area contributed by atoms with Crippen molar-refractivity contribution in [3.8, 4) is 5.69 Å². The fraction of sp³-hybridized carbons (Fsp3) is 0.0500. The lowest BCUT2D eigenvalue weighted by Crippen LogP contribution is -2.19. The molecular formula is C20H15F3N6O. The maximum Gasteiger partial charge on any atom is 0.416 e. The van der Waals surface area contributed by atoms with Crippen molar-refractivity contribution in [1.82, 2.24) is 14.5 Å². The van der Waals surface area contributed by atoms with Crippen molar-refractivity contribution in [1.29, 1.82) is 0 Å². The molecule has 4 rings (SSSR count). The monoisotopic (exact) mass is 412 g/mol. The first-order valence-electron chi connectivity index (χ1n) is 8.74. The standard InChI is InChI=1S/C20H15F3N6O/c21-20(22,23)12-2-1-3-14(10-12)28-19(30)27-13-4-6-15(7-5-13)29-9-8-16-17(24)25-11-26-18(16)29/h1-11H,(H2,24,25,26)(H2,27,28,30). The van der Waals surface area contributed by atoms with Gasteiger partial charge < -0.3 is 20.9 Å². The summed E-state index contributed by atoms with van der Waals surface area (Å²) in [4.78, 5) is 20.3. The van der Waals surface area contributed by atoms with Crippen LogP contribution in [-0.2, 0) is 6.18 Å². The molecule has 0 saturated heterocycles. The quantitative estimate of drug-likeness (QED) is 0.456. The Morgan fingerprint density at radius 3 is 2.43 bits per heavy atom. The Morgan fingerprint density at radius 1 is 0.967 bits per heavy atom. The van der Waals surface area contributed by atoms with Crippen LogP contribution < -0.4 is 16.4 Å². The first-order valence-corrected chi connectivity index (χ1v) is 8.74. The van der Waals surface area contributed by atoms with Crippen LogP contribution in [0.2, 0.25) is 0 Å². The van der Waals surface area contributed by atoms with Crippen molar-refractivity contribution in [2.45, 2.75) is 6.18 Å². The Bertz CT molecular complexity index is 1220. The molecular weight excluding hydrogens is 397 g/mol. The highest BCUT2D eigenvalue weighted by molar-refractivity contribution is 5.99. The van der Waals surface area contributed by atoms with Crippen LogP contribution in [0.3, 0.4) is 0 Å². The molecule has 2 aromatic heterocycles. The van der Waals surface area contributed by atoms with Crippen molar-refractivity contribution in [2.75, 3.05) is 16.4 Å². The highest BCUT2D eigenvalue weighted by Gasteiger charge is 2.30. The molecule has 0 spiro atoms. The number of nitrogens with one attached hydrogen (secondary N) is 2. The fourth-order valence-electron chi connectivity index (χ4n) is 2.95. The van der Waals surface area contributed by atoms with Crippen molar-refractivity contribution >= 4 is 34.3 Å². The summed E-state index contributed by atoms with van der Waals surface area (Å²) in [5.41, 5.74) is 6.93. The number of hydrogen-bond donors (Lipinski definition) is 3. The number of aromatic nitrogens is 3. The van der Waals surface area contributed by atoms with Gasteiger partial charge in [-0.2, -0.15) is 13.2 Å². The van der Waals surface area contributed by atoms with Crippen LogP contribution >= 0.6 is 0 Å². The average Bonchev–Trinajstić information content (AvgIpc) is 3.14. The van der Waals surface area contributed by atoms with Gasteiger partial charge in [-0.1, -0.05) is 6.07 Å². The normalized spacial score (nSPS) is 11.4.